The third-order valence-corrected chi connectivity index (χ3v) is 5.98. The zero-order chi connectivity index (χ0) is 18.9. The Balaban J connectivity index is 1.37. The van der Waals surface area contributed by atoms with Gasteiger partial charge in [0.1, 0.15) is 0 Å². The van der Waals surface area contributed by atoms with E-state index in [-0.39, 0.29) is 17.6 Å². The van der Waals surface area contributed by atoms with E-state index in [2.05, 4.69) is 31.0 Å². The second kappa shape index (κ2) is 7.37. The summed E-state index contributed by atoms with van der Waals surface area (Å²) in [6.07, 6.45) is 0. The quantitative estimate of drug-likeness (QED) is 0.734. The number of rotatable bonds is 4. The smallest absolute Gasteiger partial charge is 0.264 e. The van der Waals surface area contributed by atoms with Crippen molar-refractivity contribution >= 4 is 31.9 Å². The van der Waals surface area contributed by atoms with E-state index in [1.165, 1.54) is 12.1 Å². The van der Waals surface area contributed by atoms with Crippen LogP contribution < -0.4 is 19.5 Å². The molecular weight excluding hydrogens is 436 g/mol. The Labute approximate surface area is 165 Å². The number of hydrogen-bond acceptors (Lipinski definition) is 7. The Morgan fingerprint density at radius 2 is 1.93 bits per heavy atom. The van der Waals surface area contributed by atoms with Gasteiger partial charge in [0.15, 0.2) is 11.5 Å². The van der Waals surface area contributed by atoms with Gasteiger partial charge in [-0.15, -0.1) is 0 Å². The topological polar surface area (TPSA) is 92.3 Å². The normalized spacial score (nSPS) is 16.6. The second-order valence-corrected chi connectivity index (χ2v) is 8.66. The fourth-order valence-corrected chi connectivity index (χ4v) is 4.00. The summed E-state index contributed by atoms with van der Waals surface area (Å²) in [6.45, 7) is 1.74. The molecule has 0 aromatic heterocycles. The van der Waals surface area contributed by atoms with E-state index in [1.54, 1.807) is 12.1 Å². The SMILES string of the molecule is O=S(=O)(NC1=NCN(Cc2ccc3c(c2)OCO3)CN1)c1ccc(Br)cc1. The zero-order valence-corrected chi connectivity index (χ0v) is 16.6. The van der Waals surface area contributed by atoms with Crippen molar-refractivity contribution < 1.29 is 17.9 Å². The lowest BCUT2D eigenvalue weighted by Gasteiger charge is -2.27. The summed E-state index contributed by atoms with van der Waals surface area (Å²) in [4.78, 5) is 6.50. The summed E-state index contributed by atoms with van der Waals surface area (Å²) in [5, 5.41) is 3.00. The first-order valence-corrected chi connectivity index (χ1v) is 10.4. The molecule has 2 aliphatic heterocycles. The summed E-state index contributed by atoms with van der Waals surface area (Å²) in [5.41, 5.74) is 1.06. The summed E-state index contributed by atoms with van der Waals surface area (Å²) in [7, 11) is -3.67. The molecule has 2 aliphatic rings. The zero-order valence-electron chi connectivity index (χ0n) is 14.2. The first-order valence-electron chi connectivity index (χ1n) is 8.17. The van der Waals surface area contributed by atoms with Crippen LogP contribution in [0.15, 0.2) is 56.8 Å². The number of nitrogens with zero attached hydrogens (tertiary/aromatic N) is 2. The first-order chi connectivity index (χ1) is 13.0. The van der Waals surface area contributed by atoms with E-state index < -0.39 is 10.0 Å². The Hall–Kier alpha value is -2.30. The van der Waals surface area contributed by atoms with Crippen molar-refractivity contribution in [1.29, 1.82) is 0 Å². The maximum Gasteiger partial charge on any atom is 0.264 e. The van der Waals surface area contributed by atoms with Crippen LogP contribution in [0.4, 0.5) is 0 Å². The van der Waals surface area contributed by atoms with E-state index in [4.69, 9.17) is 9.47 Å². The minimum atomic E-state index is -3.67. The molecule has 0 unspecified atom stereocenters. The lowest BCUT2D eigenvalue weighted by atomic mass is 10.2. The lowest BCUT2D eigenvalue weighted by molar-refractivity contribution is 0.174. The van der Waals surface area contributed by atoms with Crippen molar-refractivity contribution in [2.24, 2.45) is 4.99 Å². The van der Waals surface area contributed by atoms with Crippen LogP contribution in [0.1, 0.15) is 5.56 Å². The van der Waals surface area contributed by atoms with Crippen molar-refractivity contribution in [1.82, 2.24) is 14.9 Å². The lowest BCUT2D eigenvalue weighted by Crippen LogP contribution is -2.49. The van der Waals surface area contributed by atoms with Gasteiger partial charge in [0.2, 0.25) is 12.8 Å². The second-order valence-electron chi connectivity index (χ2n) is 6.06. The predicted molar refractivity (Wildman–Crippen MR) is 103 cm³/mol. The fraction of sp³-hybridized carbons (Fsp3) is 0.235. The number of benzene rings is 2. The summed E-state index contributed by atoms with van der Waals surface area (Å²) >= 11 is 3.29. The Morgan fingerprint density at radius 1 is 1.15 bits per heavy atom. The highest BCUT2D eigenvalue weighted by molar-refractivity contribution is 9.10. The standard InChI is InChI=1S/C17H17BrN4O4S/c18-13-2-4-14(5-3-13)27(23,24)21-17-19-9-22(10-20-17)8-12-1-6-15-16(7-12)26-11-25-15/h1-7H,8-11H2,(H2,19,20,21). The number of fused-ring (bicyclic) bond motifs is 1. The summed E-state index contributed by atoms with van der Waals surface area (Å²) < 4.78 is 38.8. The number of aliphatic imine (C=N–C) groups is 1. The van der Waals surface area contributed by atoms with Crippen molar-refractivity contribution in [3.05, 3.63) is 52.5 Å². The van der Waals surface area contributed by atoms with Gasteiger partial charge in [-0.25, -0.2) is 18.1 Å². The fourth-order valence-electron chi connectivity index (χ4n) is 2.74. The van der Waals surface area contributed by atoms with Crippen molar-refractivity contribution in [2.75, 3.05) is 20.1 Å². The van der Waals surface area contributed by atoms with Crippen LogP contribution >= 0.6 is 15.9 Å². The average Bonchev–Trinajstić information content (AvgIpc) is 3.11. The van der Waals surface area contributed by atoms with Crippen molar-refractivity contribution in [2.45, 2.75) is 11.4 Å². The molecule has 2 N–H and O–H groups in total. The molecule has 0 radical (unpaired) electrons. The first kappa shape index (κ1) is 18.1. The number of guanidine groups is 1. The molecule has 0 bridgehead atoms. The van der Waals surface area contributed by atoms with E-state index >= 15 is 0 Å². The highest BCUT2D eigenvalue weighted by Crippen LogP contribution is 2.32. The van der Waals surface area contributed by atoms with Crippen molar-refractivity contribution in [3.63, 3.8) is 0 Å². The van der Waals surface area contributed by atoms with Gasteiger partial charge in [0.05, 0.1) is 18.2 Å². The van der Waals surface area contributed by atoms with Crippen LogP contribution in [-0.2, 0) is 16.6 Å². The number of sulfonamides is 1. The molecule has 10 heteroatoms. The molecule has 8 nitrogen and oxygen atoms in total. The molecule has 27 heavy (non-hydrogen) atoms. The highest BCUT2D eigenvalue weighted by atomic mass is 79.9. The van der Waals surface area contributed by atoms with Gasteiger partial charge >= 0.3 is 0 Å². The molecule has 0 amide bonds. The van der Waals surface area contributed by atoms with Gasteiger partial charge in [-0.05, 0) is 42.0 Å². The molecule has 2 aromatic carbocycles. The van der Waals surface area contributed by atoms with Gasteiger partial charge < -0.3 is 14.8 Å². The molecule has 0 fully saturated rings. The largest absolute Gasteiger partial charge is 0.454 e. The van der Waals surface area contributed by atoms with E-state index in [1.807, 2.05) is 23.1 Å². The van der Waals surface area contributed by atoms with Crippen LogP contribution in [0.5, 0.6) is 11.5 Å². The third-order valence-electron chi connectivity index (χ3n) is 4.10. The monoisotopic (exact) mass is 452 g/mol. The minimum absolute atomic E-state index is 0.179. The van der Waals surface area contributed by atoms with Crippen LogP contribution in [0.25, 0.3) is 0 Å². The highest BCUT2D eigenvalue weighted by Gasteiger charge is 2.20. The molecule has 0 aliphatic carbocycles. The van der Waals surface area contributed by atoms with Gasteiger partial charge in [-0.3, -0.25) is 4.90 Å². The van der Waals surface area contributed by atoms with E-state index in [0.29, 0.717) is 19.9 Å². The average molecular weight is 453 g/mol. The Bertz CT molecular complexity index is 979. The van der Waals surface area contributed by atoms with Gasteiger partial charge in [-0.2, -0.15) is 0 Å². The molecule has 0 saturated carbocycles. The number of halogens is 1. The molecule has 4 rings (SSSR count). The van der Waals surface area contributed by atoms with Crippen LogP contribution in [0.2, 0.25) is 0 Å². The number of nitrogens with one attached hydrogen (secondary N) is 2. The van der Waals surface area contributed by atoms with E-state index in [9.17, 15) is 8.42 Å². The maximum absolute atomic E-state index is 12.4. The van der Waals surface area contributed by atoms with Crippen LogP contribution in [0, 0.1) is 0 Å². The molecule has 0 spiro atoms. The van der Waals surface area contributed by atoms with Gasteiger partial charge in [0, 0.05) is 11.0 Å². The molecule has 142 valence electrons. The van der Waals surface area contributed by atoms with Crippen LogP contribution in [0.3, 0.4) is 0 Å². The number of ether oxygens (including phenoxy) is 2. The van der Waals surface area contributed by atoms with Crippen molar-refractivity contribution in [3.8, 4) is 11.5 Å². The molecule has 0 saturated heterocycles. The van der Waals surface area contributed by atoms with Crippen LogP contribution in [-0.4, -0.2) is 39.4 Å². The molecule has 2 aromatic rings. The molecule has 0 atom stereocenters. The van der Waals surface area contributed by atoms with Gasteiger partial charge in [-0.1, -0.05) is 22.0 Å². The number of hydrogen-bond donors (Lipinski definition) is 2. The van der Waals surface area contributed by atoms with E-state index in [0.717, 1.165) is 21.5 Å². The Kier molecular flexibility index (Phi) is 4.94. The predicted octanol–water partition coefficient (Wildman–Crippen LogP) is 1.83. The molecular formula is C17H17BrN4O4S. The maximum atomic E-state index is 12.4. The third kappa shape index (κ3) is 4.18. The molecule has 2 heterocycles. The summed E-state index contributed by atoms with van der Waals surface area (Å²) in [5.74, 6) is 1.72. The van der Waals surface area contributed by atoms with Gasteiger partial charge in [0.25, 0.3) is 10.0 Å². The summed E-state index contributed by atoms with van der Waals surface area (Å²) in [6, 6.07) is 12.2. The minimum Gasteiger partial charge on any atom is -0.454 e. The Morgan fingerprint density at radius 3 is 2.67 bits per heavy atom.